The number of methoxy groups -OCH3 is 1. The van der Waals surface area contributed by atoms with Crippen LogP contribution in [0.15, 0.2) is 42.9 Å². The normalized spacial score (nSPS) is 13.2. The molecule has 2 N–H and O–H groups in total. The number of aliphatic hydroxyl groups is 1. The Bertz CT molecular complexity index is 1190. The Labute approximate surface area is 171 Å². The molecule has 0 aliphatic carbocycles. The quantitative estimate of drug-likeness (QED) is 0.500. The Morgan fingerprint density at radius 2 is 1.97 bits per heavy atom. The highest BCUT2D eigenvalue weighted by Crippen LogP contribution is 2.26. The van der Waals surface area contributed by atoms with Gasteiger partial charge in [0.2, 0.25) is 5.88 Å². The molecule has 0 saturated carbocycles. The van der Waals surface area contributed by atoms with Crippen LogP contribution in [0.4, 0.5) is 10.2 Å². The van der Waals surface area contributed by atoms with Gasteiger partial charge in [0.1, 0.15) is 17.3 Å². The number of fused-ring (bicyclic) bond motifs is 1. The van der Waals surface area contributed by atoms with Gasteiger partial charge in [-0.3, -0.25) is 0 Å². The average molecular weight is 409 g/mol. The summed E-state index contributed by atoms with van der Waals surface area (Å²) >= 11 is 0. The van der Waals surface area contributed by atoms with E-state index < -0.39 is 11.9 Å². The lowest BCUT2D eigenvalue weighted by Crippen LogP contribution is -2.12. The van der Waals surface area contributed by atoms with Gasteiger partial charge in [0.15, 0.2) is 11.5 Å². The van der Waals surface area contributed by atoms with E-state index >= 15 is 0 Å². The Balaban J connectivity index is 1.68. The van der Waals surface area contributed by atoms with Crippen LogP contribution in [-0.2, 0) is 0 Å². The van der Waals surface area contributed by atoms with E-state index in [0.29, 0.717) is 40.1 Å². The van der Waals surface area contributed by atoms with Gasteiger partial charge in [0, 0.05) is 11.8 Å². The topological polar surface area (TPSA) is 110 Å². The summed E-state index contributed by atoms with van der Waals surface area (Å²) in [6, 6.07) is 6.27. The molecule has 4 aromatic heterocycles. The van der Waals surface area contributed by atoms with E-state index in [4.69, 9.17) is 4.74 Å². The van der Waals surface area contributed by atoms with Crippen LogP contribution in [0, 0.1) is 5.82 Å². The second-order valence-corrected chi connectivity index (χ2v) is 6.73. The van der Waals surface area contributed by atoms with Crippen molar-refractivity contribution in [3.63, 3.8) is 0 Å². The van der Waals surface area contributed by atoms with Crippen molar-refractivity contribution < 1.29 is 14.2 Å². The molecule has 4 heterocycles. The van der Waals surface area contributed by atoms with Gasteiger partial charge in [-0.2, -0.15) is 0 Å². The van der Waals surface area contributed by atoms with Gasteiger partial charge in [-0.25, -0.2) is 28.8 Å². The fourth-order valence-corrected chi connectivity index (χ4v) is 3.05. The molecule has 2 atom stereocenters. The van der Waals surface area contributed by atoms with E-state index in [0.717, 1.165) is 6.20 Å². The summed E-state index contributed by atoms with van der Waals surface area (Å²) in [7, 11) is 1.49. The van der Waals surface area contributed by atoms with Gasteiger partial charge in [0.25, 0.3) is 0 Å². The molecule has 10 heteroatoms. The largest absolute Gasteiger partial charge is 0.481 e. The molecular weight excluding hydrogens is 389 g/mol. The molecule has 154 valence electrons. The number of halogens is 1. The number of ether oxygens (including phenoxy) is 1. The first kappa shape index (κ1) is 19.6. The average Bonchev–Trinajstić information content (AvgIpc) is 3.17. The molecule has 0 spiro atoms. The maximum atomic E-state index is 13.7. The van der Waals surface area contributed by atoms with Gasteiger partial charge >= 0.3 is 0 Å². The van der Waals surface area contributed by atoms with Crippen molar-refractivity contribution in [2.75, 3.05) is 12.4 Å². The predicted molar refractivity (Wildman–Crippen MR) is 107 cm³/mol. The molecule has 4 rings (SSSR count). The molecule has 1 unspecified atom stereocenters. The number of pyridine rings is 1. The van der Waals surface area contributed by atoms with Crippen LogP contribution in [0.5, 0.6) is 5.88 Å². The van der Waals surface area contributed by atoms with E-state index in [1.807, 2.05) is 6.92 Å². The second-order valence-electron chi connectivity index (χ2n) is 6.73. The van der Waals surface area contributed by atoms with Crippen molar-refractivity contribution >= 4 is 11.5 Å². The Morgan fingerprint density at radius 1 is 1.13 bits per heavy atom. The zero-order valence-electron chi connectivity index (χ0n) is 16.6. The van der Waals surface area contributed by atoms with Crippen LogP contribution < -0.4 is 10.1 Å². The third-order valence-corrected chi connectivity index (χ3v) is 4.57. The molecule has 0 aromatic carbocycles. The smallest absolute Gasteiger partial charge is 0.218 e. The molecule has 0 bridgehead atoms. The van der Waals surface area contributed by atoms with Crippen molar-refractivity contribution in [3.8, 4) is 17.4 Å². The van der Waals surface area contributed by atoms with Crippen molar-refractivity contribution in [2.24, 2.45) is 0 Å². The first-order valence-corrected chi connectivity index (χ1v) is 9.28. The van der Waals surface area contributed by atoms with Crippen LogP contribution in [0.1, 0.15) is 37.3 Å². The Hall–Kier alpha value is -3.66. The molecule has 0 aliphatic rings. The SMILES string of the molecule is COc1ncc(F)cc1C(C)Nc1ccc2ncc(-c3nccc([C@@H](C)O)n3)n2n1. The van der Waals surface area contributed by atoms with E-state index in [2.05, 4.69) is 30.4 Å². The number of rotatable bonds is 6. The lowest BCUT2D eigenvalue weighted by Gasteiger charge is -2.17. The number of imidazole rings is 1. The third-order valence-electron chi connectivity index (χ3n) is 4.57. The van der Waals surface area contributed by atoms with E-state index in [1.54, 1.807) is 42.0 Å². The summed E-state index contributed by atoms with van der Waals surface area (Å²) in [5, 5.41) is 17.6. The second kappa shape index (κ2) is 7.99. The summed E-state index contributed by atoms with van der Waals surface area (Å²) < 4.78 is 20.5. The van der Waals surface area contributed by atoms with Gasteiger partial charge < -0.3 is 15.2 Å². The van der Waals surface area contributed by atoms with Gasteiger partial charge in [-0.05, 0) is 38.1 Å². The first-order chi connectivity index (χ1) is 14.5. The lowest BCUT2D eigenvalue weighted by molar-refractivity contribution is 0.194. The van der Waals surface area contributed by atoms with Crippen LogP contribution in [0.25, 0.3) is 17.2 Å². The van der Waals surface area contributed by atoms with E-state index in [1.165, 1.54) is 13.2 Å². The van der Waals surface area contributed by atoms with Crippen molar-refractivity contribution in [1.82, 2.24) is 29.5 Å². The number of nitrogens with one attached hydrogen (secondary N) is 1. The fraction of sp³-hybridized carbons (Fsp3) is 0.250. The minimum Gasteiger partial charge on any atom is -0.481 e. The lowest BCUT2D eigenvalue weighted by atomic mass is 10.1. The van der Waals surface area contributed by atoms with Crippen LogP contribution in [0.3, 0.4) is 0 Å². The van der Waals surface area contributed by atoms with Crippen LogP contribution in [-0.4, -0.2) is 41.8 Å². The highest BCUT2D eigenvalue weighted by Gasteiger charge is 2.16. The molecular formula is C20H20FN7O2. The minimum absolute atomic E-state index is 0.324. The monoisotopic (exact) mass is 409 g/mol. The van der Waals surface area contributed by atoms with E-state index in [9.17, 15) is 9.50 Å². The Morgan fingerprint density at radius 3 is 2.73 bits per heavy atom. The molecule has 0 aliphatic heterocycles. The molecule has 0 amide bonds. The standard InChI is InChI=1S/C20H20FN7O2/c1-11(14-8-13(21)9-24-20(14)30-3)25-17-4-5-18-23-10-16(28(18)27-17)19-22-7-6-15(26-19)12(2)29/h4-12,29H,1-3H3,(H,25,27)/t11?,12-/m1/s1. The molecule has 0 radical (unpaired) electrons. The highest BCUT2D eigenvalue weighted by atomic mass is 19.1. The molecule has 0 saturated heterocycles. The Kier molecular flexibility index (Phi) is 5.23. The zero-order chi connectivity index (χ0) is 21.3. The minimum atomic E-state index is -0.716. The molecule has 0 fully saturated rings. The maximum Gasteiger partial charge on any atom is 0.218 e. The van der Waals surface area contributed by atoms with Crippen molar-refractivity contribution in [1.29, 1.82) is 0 Å². The summed E-state index contributed by atoms with van der Waals surface area (Å²) in [5.41, 5.74) is 2.26. The van der Waals surface area contributed by atoms with Crippen LogP contribution in [0.2, 0.25) is 0 Å². The summed E-state index contributed by atoms with van der Waals surface area (Å²) in [6.45, 7) is 3.49. The number of nitrogens with zero attached hydrogens (tertiary/aromatic N) is 6. The number of aromatic nitrogens is 6. The molecule has 4 aromatic rings. The fourth-order valence-electron chi connectivity index (χ4n) is 3.05. The van der Waals surface area contributed by atoms with Gasteiger partial charge in [-0.1, -0.05) is 0 Å². The predicted octanol–water partition coefficient (Wildman–Crippen LogP) is 2.96. The highest BCUT2D eigenvalue weighted by molar-refractivity contribution is 5.57. The van der Waals surface area contributed by atoms with Crippen molar-refractivity contribution in [3.05, 3.63) is 59.9 Å². The first-order valence-electron chi connectivity index (χ1n) is 9.28. The number of anilines is 1. The maximum absolute atomic E-state index is 13.7. The molecule has 9 nitrogen and oxygen atoms in total. The number of hydrogen-bond donors (Lipinski definition) is 2. The van der Waals surface area contributed by atoms with Crippen LogP contribution >= 0.6 is 0 Å². The van der Waals surface area contributed by atoms with E-state index in [-0.39, 0.29) is 6.04 Å². The summed E-state index contributed by atoms with van der Waals surface area (Å²) in [6.07, 6.45) is 3.60. The summed E-state index contributed by atoms with van der Waals surface area (Å²) in [4.78, 5) is 17.0. The number of aliphatic hydroxyl groups excluding tert-OH is 1. The van der Waals surface area contributed by atoms with Gasteiger partial charge in [0.05, 0.1) is 37.3 Å². The molecule has 30 heavy (non-hydrogen) atoms. The van der Waals surface area contributed by atoms with Crippen molar-refractivity contribution in [2.45, 2.75) is 26.0 Å². The zero-order valence-corrected chi connectivity index (χ0v) is 16.6. The number of hydrogen-bond acceptors (Lipinski definition) is 8. The summed E-state index contributed by atoms with van der Waals surface area (Å²) in [5.74, 6) is 0.820. The third kappa shape index (κ3) is 3.77. The van der Waals surface area contributed by atoms with Gasteiger partial charge in [-0.15, -0.1) is 5.10 Å².